The number of rotatable bonds is 6. The molecule has 2 nitrogen and oxygen atoms in total. The van der Waals surface area contributed by atoms with Crippen molar-refractivity contribution in [3.8, 4) is 33.4 Å². The zero-order valence-corrected chi connectivity index (χ0v) is 32.7. The fourth-order valence-corrected chi connectivity index (χ4v) is 9.28. The molecule has 0 spiro atoms. The van der Waals surface area contributed by atoms with E-state index in [0.717, 1.165) is 50.1 Å². The van der Waals surface area contributed by atoms with E-state index in [-0.39, 0.29) is 0 Å². The summed E-state index contributed by atoms with van der Waals surface area (Å²) < 4.78 is 6.44. The zero-order valence-electron chi connectivity index (χ0n) is 32.7. The maximum absolute atomic E-state index is 6.44. The normalized spacial score (nSPS) is 11.7. The highest BCUT2D eigenvalue weighted by Crippen LogP contribution is 2.46. The number of anilines is 3. The van der Waals surface area contributed by atoms with Gasteiger partial charge in [-0.2, -0.15) is 0 Å². The number of benzene rings is 11. The van der Waals surface area contributed by atoms with Gasteiger partial charge in [-0.15, -0.1) is 0 Å². The lowest BCUT2D eigenvalue weighted by Gasteiger charge is -2.28. The van der Waals surface area contributed by atoms with Gasteiger partial charge in [0.05, 0.1) is 16.8 Å². The van der Waals surface area contributed by atoms with Crippen LogP contribution in [0.15, 0.2) is 229 Å². The number of hydrogen-bond donors (Lipinski definition) is 0. The van der Waals surface area contributed by atoms with Gasteiger partial charge < -0.3 is 9.32 Å². The molecule has 60 heavy (non-hydrogen) atoms. The Balaban J connectivity index is 0.962. The molecule has 12 aromatic rings. The lowest BCUT2D eigenvalue weighted by atomic mass is 9.95. The van der Waals surface area contributed by atoms with Crippen LogP contribution in [0, 0.1) is 0 Å². The SMILES string of the molecule is c1ccc(N(c2ccc(-c3ccc(-c4ccc5ccc6ccccc6c5c4)cc3)cc2)c2cccc3oc4ccccc4c23)c(-c2ccc3c(ccc4ccccc43)c2)c1. The van der Waals surface area contributed by atoms with Gasteiger partial charge >= 0.3 is 0 Å². The number of hydrogen-bond acceptors (Lipinski definition) is 2. The Morgan fingerprint density at radius 1 is 0.283 bits per heavy atom. The Morgan fingerprint density at radius 2 is 0.783 bits per heavy atom. The lowest BCUT2D eigenvalue weighted by molar-refractivity contribution is 0.669. The van der Waals surface area contributed by atoms with Crippen LogP contribution in [0.5, 0.6) is 0 Å². The van der Waals surface area contributed by atoms with Crippen LogP contribution in [-0.2, 0) is 0 Å². The van der Waals surface area contributed by atoms with Gasteiger partial charge in [-0.25, -0.2) is 0 Å². The summed E-state index contributed by atoms with van der Waals surface area (Å²) in [6.07, 6.45) is 0. The van der Waals surface area contributed by atoms with E-state index in [9.17, 15) is 0 Å². The highest BCUT2D eigenvalue weighted by Gasteiger charge is 2.22. The van der Waals surface area contributed by atoms with E-state index in [1.54, 1.807) is 0 Å². The Kier molecular flexibility index (Phi) is 7.89. The van der Waals surface area contributed by atoms with Crippen LogP contribution in [0.25, 0.3) is 98.4 Å². The third kappa shape index (κ3) is 5.65. The highest BCUT2D eigenvalue weighted by molar-refractivity contribution is 6.14. The molecule has 1 heterocycles. The van der Waals surface area contributed by atoms with Crippen molar-refractivity contribution in [3.05, 3.63) is 224 Å². The van der Waals surface area contributed by atoms with E-state index in [1.165, 1.54) is 65.3 Å². The maximum atomic E-state index is 6.44. The van der Waals surface area contributed by atoms with Crippen LogP contribution in [0.2, 0.25) is 0 Å². The van der Waals surface area contributed by atoms with Gasteiger partial charge in [0.1, 0.15) is 11.2 Å². The number of fused-ring (bicyclic) bond motifs is 9. The average molecular weight is 764 g/mol. The molecule has 0 bridgehead atoms. The molecule has 12 rings (SSSR count). The molecule has 0 unspecified atom stereocenters. The van der Waals surface area contributed by atoms with Crippen LogP contribution >= 0.6 is 0 Å². The van der Waals surface area contributed by atoms with Crippen molar-refractivity contribution in [1.29, 1.82) is 0 Å². The van der Waals surface area contributed by atoms with E-state index < -0.39 is 0 Å². The minimum atomic E-state index is 0.866. The van der Waals surface area contributed by atoms with Crippen molar-refractivity contribution in [2.45, 2.75) is 0 Å². The standard InChI is InChI=1S/C58H37NO/c1-3-12-48-41(10-1)27-29-45-36-46(32-35-50(45)48)51-14-5-7-16-54(51)59(55-17-9-19-57-58(55)52-15-6-8-18-56(52)60-57)47-33-30-39(31-34-47)38-20-22-40(23-21-38)44-28-26-43-25-24-42-11-2-4-13-49(42)53(43)37-44/h1-37H. The van der Waals surface area contributed by atoms with Crippen molar-refractivity contribution in [3.63, 3.8) is 0 Å². The van der Waals surface area contributed by atoms with Gasteiger partial charge in [-0.1, -0.05) is 176 Å². The van der Waals surface area contributed by atoms with Crippen molar-refractivity contribution in [1.82, 2.24) is 0 Å². The summed E-state index contributed by atoms with van der Waals surface area (Å²) in [6, 6.07) is 81.3. The van der Waals surface area contributed by atoms with Crippen molar-refractivity contribution in [2.24, 2.45) is 0 Å². The first-order chi connectivity index (χ1) is 29.7. The summed E-state index contributed by atoms with van der Waals surface area (Å²) in [4.78, 5) is 2.40. The van der Waals surface area contributed by atoms with Crippen molar-refractivity contribution >= 4 is 82.1 Å². The summed E-state index contributed by atoms with van der Waals surface area (Å²) in [5.74, 6) is 0. The van der Waals surface area contributed by atoms with Gasteiger partial charge in [0.15, 0.2) is 0 Å². The fourth-order valence-electron chi connectivity index (χ4n) is 9.28. The van der Waals surface area contributed by atoms with E-state index >= 15 is 0 Å². The van der Waals surface area contributed by atoms with E-state index in [2.05, 4.69) is 223 Å². The third-order valence-corrected chi connectivity index (χ3v) is 12.2. The highest BCUT2D eigenvalue weighted by atomic mass is 16.3. The molecule has 1 aromatic heterocycles. The fraction of sp³-hybridized carbons (Fsp3) is 0. The van der Waals surface area contributed by atoms with Crippen molar-refractivity contribution < 1.29 is 4.42 Å². The molecule has 0 aliphatic rings. The van der Waals surface area contributed by atoms with E-state index in [0.29, 0.717) is 0 Å². The van der Waals surface area contributed by atoms with Gasteiger partial charge in [0.25, 0.3) is 0 Å². The monoisotopic (exact) mass is 763 g/mol. The van der Waals surface area contributed by atoms with Gasteiger partial charge in [-0.3, -0.25) is 0 Å². The summed E-state index contributed by atoms with van der Waals surface area (Å²) in [5.41, 5.74) is 12.1. The first kappa shape index (κ1) is 34.1. The topological polar surface area (TPSA) is 16.4 Å². The quantitative estimate of drug-likeness (QED) is 0.157. The second-order valence-electron chi connectivity index (χ2n) is 15.7. The summed E-state index contributed by atoms with van der Waals surface area (Å²) in [5, 5.41) is 12.3. The molecule has 280 valence electrons. The largest absolute Gasteiger partial charge is 0.456 e. The van der Waals surface area contributed by atoms with Gasteiger partial charge in [0.2, 0.25) is 0 Å². The molecule has 0 N–H and O–H groups in total. The summed E-state index contributed by atoms with van der Waals surface area (Å²) in [7, 11) is 0. The molecule has 0 aliphatic carbocycles. The molecule has 2 heteroatoms. The predicted molar refractivity (Wildman–Crippen MR) is 255 cm³/mol. The Bertz CT molecular complexity index is 3600. The molecule has 0 amide bonds. The lowest BCUT2D eigenvalue weighted by Crippen LogP contribution is -2.11. The van der Waals surface area contributed by atoms with Crippen LogP contribution in [0.3, 0.4) is 0 Å². The Morgan fingerprint density at radius 3 is 1.55 bits per heavy atom. The predicted octanol–water partition coefficient (Wildman–Crippen LogP) is 16.7. The van der Waals surface area contributed by atoms with E-state index in [4.69, 9.17) is 4.42 Å². The molecule has 0 atom stereocenters. The van der Waals surface area contributed by atoms with Gasteiger partial charge in [-0.05, 0) is 119 Å². The molecule has 0 aliphatic heterocycles. The van der Waals surface area contributed by atoms with Crippen LogP contribution in [0.1, 0.15) is 0 Å². The smallest absolute Gasteiger partial charge is 0.137 e. The molecular formula is C58H37NO. The molecule has 0 saturated heterocycles. The third-order valence-electron chi connectivity index (χ3n) is 12.2. The number of furan rings is 1. The minimum Gasteiger partial charge on any atom is -0.456 e. The molecular weight excluding hydrogens is 727 g/mol. The second kappa shape index (κ2) is 13.9. The second-order valence-corrected chi connectivity index (χ2v) is 15.7. The maximum Gasteiger partial charge on any atom is 0.137 e. The van der Waals surface area contributed by atoms with Gasteiger partial charge in [0, 0.05) is 16.6 Å². The zero-order chi connectivity index (χ0) is 39.6. The van der Waals surface area contributed by atoms with Crippen LogP contribution < -0.4 is 4.90 Å². The molecule has 0 saturated carbocycles. The molecule has 0 fully saturated rings. The minimum absolute atomic E-state index is 0.866. The van der Waals surface area contributed by atoms with E-state index in [1.807, 2.05) is 6.07 Å². The molecule has 11 aromatic carbocycles. The Labute approximate surface area is 347 Å². The molecule has 0 radical (unpaired) electrons. The Hall–Kier alpha value is -7.94. The average Bonchev–Trinajstić information content (AvgIpc) is 3.71. The number of para-hydroxylation sites is 2. The van der Waals surface area contributed by atoms with Crippen molar-refractivity contribution in [2.75, 3.05) is 4.90 Å². The van der Waals surface area contributed by atoms with Crippen LogP contribution in [0.4, 0.5) is 17.1 Å². The summed E-state index contributed by atoms with van der Waals surface area (Å²) in [6.45, 7) is 0. The first-order valence-electron chi connectivity index (χ1n) is 20.6. The first-order valence-corrected chi connectivity index (χ1v) is 20.6. The van der Waals surface area contributed by atoms with Crippen LogP contribution in [-0.4, -0.2) is 0 Å². The summed E-state index contributed by atoms with van der Waals surface area (Å²) >= 11 is 0. The number of nitrogens with zero attached hydrogens (tertiary/aromatic N) is 1.